The van der Waals surface area contributed by atoms with Crippen molar-refractivity contribution in [1.29, 1.82) is 0 Å². The van der Waals surface area contributed by atoms with Crippen molar-refractivity contribution in [1.82, 2.24) is 5.32 Å². The van der Waals surface area contributed by atoms with Gasteiger partial charge in [0.15, 0.2) is 5.78 Å². The smallest absolute Gasteiger partial charge is 0.166 e. The third-order valence-electron chi connectivity index (χ3n) is 2.58. The van der Waals surface area contributed by atoms with Crippen molar-refractivity contribution in [2.75, 3.05) is 13.1 Å². The predicted octanol–water partition coefficient (Wildman–Crippen LogP) is 2.30. The van der Waals surface area contributed by atoms with Gasteiger partial charge in [-0.3, -0.25) is 14.9 Å². The lowest BCUT2D eigenvalue weighted by Gasteiger charge is -2.27. The van der Waals surface area contributed by atoms with Crippen molar-refractivity contribution in [2.45, 2.75) is 66.8 Å². The minimum atomic E-state index is -0.653. The van der Waals surface area contributed by atoms with Crippen LogP contribution in [0.15, 0.2) is 0 Å². The second-order valence-electron chi connectivity index (χ2n) is 3.56. The molecule has 0 aromatic carbocycles. The molecule has 1 unspecified atom stereocenters. The van der Waals surface area contributed by atoms with Crippen LogP contribution in [0.4, 0.5) is 0 Å². The lowest BCUT2D eigenvalue weighted by molar-refractivity contribution is -0.124. The van der Waals surface area contributed by atoms with Crippen LogP contribution in [0.25, 0.3) is 0 Å². The van der Waals surface area contributed by atoms with Crippen LogP contribution < -0.4 is 11.1 Å². The molecule has 0 rings (SSSR count). The molecular weight excluding hydrogens is 228 g/mol. The molecule has 0 spiro atoms. The summed E-state index contributed by atoms with van der Waals surface area (Å²) in [6, 6.07) is 0. The number of nitrogens with one attached hydrogen (secondary N) is 1. The Bertz CT molecular complexity index is 218. The van der Waals surface area contributed by atoms with Gasteiger partial charge in [-0.2, -0.15) is 0 Å². The van der Waals surface area contributed by atoms with E-state index in [4.69, 9.17) is 5.73 Å². The highest BCUT2D eigenvalue weighted by Gasteiger charge is 2.29. The van der Waals surface area contributed by atoms with E-state index in [1.807, 2.05) is 34.6 Å². The summed E-state index contributed by atoms with van der Waals surface area (Å²) in [5.74, 6) is 0.0541. The second kappa shape index (κ2) is 14.3. The average Bonchev–Trinajstić information content (AvgIpc) is 2.47. The zero-order valence-corrected chi connectivity index (χ0v) is 13.2. The van der Waals surface area contributed by atoms with Crippen molar-refractivity contribution < 1.29 is 9.59 Å². The Morgan fingerprint density at radius 2 is 1.56 bits per heavy atom. The number of carbonyl (C=O) groups excluding carboxylic acids is 2. The fourth-order valence-electron chi connectivity index (χ4n) is 1.06. The van der Waals surface area contributed by atoms with Crippen molar-refractivity contribution in [2.24, 2.45) is 5.73 Å². The maximum absolute atomic E-state index is 11.5. The highest BCUT2D eigenvalue weighted by Crippen LogP contribution is 2.09. The van der Waals surface area contributed by atoms with E-state index in [2.05, 4.69) is 5.32 Å². The number of carbonyl (C=O) groups is 2. The molecule has 0 aliphatic heterocycles. The van der Waals surface area contributed by atoms with E-state index >= 15 is 0 Å². The fraction of sp³-hybridized carbons (Fsp3) is 0.857. The van der Waals surface area contributed by atoms with E-state index in [9.17, 15) is 9.59 Å². The Morgan fingerprint density at radius 3 is 1.83 bits per heavy atom. The Kier molecular flexibility index (Phi) is 17.9. The molecule has 0 aromatic rings. The average molecular weight is 260 g/mol. The number of hydrogen-bond donors (Lipinski definition) is 2. The van der Waals surface area contributed by atoms with E-state index in [0.717, 1.165) is 0 Å². The summed E-state index contributed by atoms with van der Waals surface area (Å²) < 4.78 is 0. The van der Waals surface area contributed by atoms with Gasteiger partial charge in [-0.05, 0) is 13.3 Å². The molecule has 1 atom stereocenters. The quantitative estimate of drug-likeness (QED) is 0.737. The van der Waals surface area contributed by atoms with Crippen LogP contribution in [0.2, 0.25) is 0 Å². The number of nitrogens with two attached hydrogens (primary N) is 1. The molecule has 4 nitrogen and oxygen atoms in total. The molecule has 110 valence electrons. The number of Topliss-reactive ketones (excluding diaryl/α,β-unsaturated/α-hetero) is 2. The first-order chi connectivity index (χ1) is 8.50. The maximum Gasteiger partial charge on any atom is 0.166 e. The Balaban J connectivity index is -0.000000506. The zero-order chi connectivity index (χ0) is 15.2. The van der Waals surface area contributed by atoms with Crippen molar-refractivity contribution in [3.63, 3.8) is 0 Å². The molecule has 0 bridgehead atoms. The normalized spacial score (nSPS) is 12.2. The van der Waals surface area contributed by atoms with Gasteiger partial charge in [0.05, 0.1) is 18.6 Å². The summed E-state index contributed by atoms with van der Waals surface area (Å²) in [6.07, 6.45) is 1.13. The van der Waals surface area contributed by atoms with Crippen molar-refractivity contribution in [3.8, 4) is 0 Å². The third-order valence-corrected chi connectivity index (χ3v) is 2.58. The van der Waals surface area contributed by atoms with Gasteiger partial charge in [0.2, 0.25) is 0 Å². The van der Waals surface area contributed by atoms with Gasteiger partial charge < -0.3 is 5.73 Å². The summed E-state index contributed by atoms with van der Waals surface area (Å²) in [5, 5.41) is 2.97. The molecule has 0 radical (unpaired) electrons. The van der Waals surface area contributed by atoms with Crippen molar-refractivity contribution >= 4 is 11.6 Å². The van der Waals surface area contributed by atoms with Crippen LogP contribution in [-0.4, -0.2) is 30.2 Å². The summed E-state index contributed by atoms with van der Waals surface area (Å²) in [5.41, 5.74) is 4.64. The molecule has 18 heavy (non-hydrogen) atoms. The maximum atomic E-state index is 11.5. The molecular formula is C14H32N2O2. The molecule has 0 saturated carbocycles. The van der Waals surface area contributed by atoms with Crippen LogP contribution in [0, 0.1) is 0 Å². The fourth-order valence-corrected chi connectivity index (χ4v) is 1.06. The molecule has 0 aromatic heterocycles. The summed E-state index contributed by atoms with van der Waals surface area (Å²) in [6.45, 7) is 13.7. The minimum absolute atomic E-state index is 0.0116. The highest BCUT2D eigenvalue weighted by atomic mass is 16.1. The molecule has 0 fully saturated rings. The van der Waals surface area contributed by atoms with Gasteiger partial charge >= 0.3 is 0 Å². The lowest BCUT2D eigenvalue weighted by atomic mass is 9.93. The predicted molar refractivity (Wildman–Crippen MR) is 78.8 cm³/mol. The van der Waals surface area contributed by atoms with Gasteiger partial charge in [0.25, 0.3) is 0 Å². The van der Waals surface area contributed by atoms with E-state index < -0.39 is 5.54 Å². The zero-order valence-electron chi connectivity index (χ0n) is 13.2. The Labute approximate surface area is 113 Å². The topological polar surface area (TPSA) is 72.2 Å². The van der Waals surface area contributed by atoms with Crippen molar-refractivity contribution in [3.05, 3.63) is 0 Å². The monoisotopic (exact) mass is 260 g/mol. The number of rotatable bonds is 7. The molecule has 3 N–H and O–H groups in total. The summed E-state index contributed by atoms with van der Waals surface area (Å²) in [7, 11) is 0. The molecule has 0 aliphatic rings. The number of ketones is 2. The molecule has 4 heteroatoms. The van der Waals surface area contributed by atoms with Crippen LogP contribution in [0.1, 0.15) is 61.3 Å². The van der Waals surface area contributed by atoms with E-state index in [1.165, 1.54) is 0 Å². The standard InChI is InChI=1S/C10H20N2O2.2C2H6/c1-4-8(13)7-12-10(3,5-2)9(14)6-11;2*1-2/h12H,4-7,11H2,1-3H3;2*1-2H3. The molecule has 0 amide bonds. The first-order valence-electron chi connectivity index (χ1n) is 7.00. The third kappa shape index (κ3) is 9.31. The van der Waals surface area contributed by atoms with Crippen LogP contribution in [-0.2, 0) is 9.59 Å². The van der Waals surface area contributed by atoms with Crippen LogP contribution in [0.3, 0.4) is 0 Å². The molecule has 0 saturated heterocycles. The van der Waals surface area contributed by atoms with E-state index in [1.54, 1.807) is 13.8 Å². The minimum Gasteiger partial charge on any atom is -0.324 e. The van der Waals surface area contributed by atoms with Gasteiger partial charge in [-0.25, -0.2) is 0 Å². The largest absolute Gasteiger partial charge is 0.324 e. The highest BCUT2D eigenvalue weighted by molar-refractivity contribution is 5.90. The van der Waals surface area contributed by atoms with E-state index in [0.29, 0.717) is 12.8 Å². The van der Waals surface area contributed by atoms with Gasteiger partial charge in [-0.1, -0.05) is 41.5 Å². The van der Waals surface area contributed by atoms with E-state index in [-0.39, 0.29) is 24.7 Å². The first kappa shape index (κ1) is 22.4. The summed E-state index contributed by atoms with van der Waals surface area (Å²) >= 11 is 0. The number of hydrogen-bond acceptors (Lipinski definition) is 4. The van der Waals surface area contributed by atoms with Gasteiger partial charge in [-0.15, -0.1) is 0 Å². The summed E-state index contributed by atoms with van der Waals surface area (Å²) in [4.78, 5) is 22.5. The van der Waals surface area contributed by atoms with Gasteiger partial charge in [0.1, 0.15) is 5.78 Å². The molecule has 0 aliphatic carbocycles. The Hall–Kier alpha value is -0.740. The lowest BCUT2D eigenvalue weighted by Crippen LogP contribution is -2.53. The Morgan fingerprint density at radius 1 is 1.11 bits per heavy atom. The second-order valence-corrected chi connectivity index (χ2v) is 3.56. The molecule has 0 heterocycles. The van der Waals surface area contributed by atoms with Gasteiger partial charge in [0, 0.05) is 6.42 Å². The first-order valence-corrected chi connectivity index (χ1v) is 7.00. The SMILES string of the molecule is CC.CC.CCC(=O)CNC(C)(CC)C(=O)CN. The van der Waals surface area contributed by atoms with Crippen LogP contribution >= 0.6 is 0 Å². The van der Waals surface area contributed by atoms with Crippen LogP contribution in [0.5, 0.6) is 0 Å².